The molecule has 132 valence electrons. The molecular weight excluding hydrogens is 339 g/mol. The van der Waals surface area contributed by atoms with Crippen LogP contribution in [0.4, 0.5) is 22.0 Å². The number of hydrogen-bond acceptors (Lipinski definition) is 3. The first-order chi connectivity index (χ1) is 10.7. The molecule has 1 aromatic carbocycles. The molecule has 0 fully saturated rings. The summed E-state index contributed by atoms with van der Waals surface area (Å²) in [6.07, 6.45) is 2.36. The molecule has 0 aliphatic carbocycles. The van der Waals surface area contributed by atoms with Crippen molar-refractivity contribution in [3.05, 3.63) is 34.6 Å². The number of rotatable bonds is 9. The highest BCUT2D eigenvalue weighted by molar-refractivity contribution is 6.57. The minimum absolute atomic E-state index is 0.154. The van der Waals surface area contributed by atoms with Crippen LogP contribution in [0.5, 0.6) is 0 Å². The number of halogens is 5. The zero-order valence-electron chi connectivity index (χ0n) is 12.6. The van der Waals surface area contributed by atoms with Gasteiger partial charge in [0, 0.05) is 18.7 Å². The van der Waals surface area contributed by atoms with Gasteiger partial charge in [0.1, 0.15) is 0 Å². The first kappa shape index (κ1) is 20.0. The average Bonchev–Trinajstić information content (AvgIpc) is 2.53. The van der Waals surface area contributed by atoms with E-state index in [1.54, 1.807) is 0 Å². The molecule has 0 radical (unpaired) electrons. The zero-order valence-corrected chi connectivity index (χ0v) is 13.6. The lowest BCUT2D eigenvalue weighted by Gasteiger charge is -2.14. The van der Waals surface area contributed by atoms with E-state index in [0.29, 0.717) is 25.7 Å². The van der Waals surface area contributed by atoms with Crippen LogP contribution >= 0.6 is 0 Å². The maximum absolute atomic E-state index is 13.4. The summed E-state index contributed by atoms with van der Waals surface area (Å²) in [6.45, 7) is 0. The lowest BCUT2D eigenvalue weighted by atomic mass is 10.0. The van der Waals surface area contributed by atoms with E-state index >= 15 is 0 Å². The molecule has 0 aliphatic rings. The van der Waals surface area contributed by atoms with Crippen molar-refractivity contribution in [1.29, 1.82) is 0 Å². The second kappa shape index (κ2) is 8.72. The standard InChI is InChI=1S/C14H19F5O3Si/c1-22-23(20,21)8-6-4-2-3-5-7-9-10(15)12(17)14(19)13(18)11(9)16/h20-21H,2-8H2,1H3. The lowest BCUT2D eigenvalue weighted by molar-refractivity contribution is 0.183. The van der Waals surface area contributed by atoms with E-state index < -0.39 is 43.5 Å². The fraction of sp³-hybridized carbons (Fsp3) is 0.571. The van der Waals surface area contributed by atoms with Gasteiger partial charge in [0.2, 0.25) is 5.82 Å². The summed E-state index contributed by atoms with van der Waals surface area (Å²) < 4.78 is 70.3. The van der Waals surface area contributed by atoms with Crippen LogP contribution in [0.3, 0.4) is 0 Å². The van der Waals surface area contributed by atoms with Crippen LogP contribution < -0.4 is 0 Å². The molecule has 0 aliphatic heterocycles. The van der Waals surface area contributed by atoms with E-state index in [4.69, 9.17) is 0 Å². The Kier molecular flexibility index (Phi) is 7.58. The fourth-order valence-corrected chi connectivity index (χ4v) is 3.07. The van der Waals surface area contributed by atoms with E-state index in [0.717, 1.165) is 0 Å². The molecule has 0 bridgehead atoms. The minimum atomic E-state index is -3.55. The van der Waals surface area contributed by atoms with Gasteiger partial charge in [-0.1, -0.05) is 19.3 Å². The quantitative estimate of drug-likeness (QED) is 0.234. The van der Waals surface area contributed by atoms with E-state index in [-0.39, 0.29) is 18.9 Å². The van der Waals surface area contributed by atoms with Crippen molar-refractivity contribution in [3.63, 3.8) is 0 Å². The third-order valence-corrected chi connectivity index (χ3v) is 5.22. The van der Waals surface area contributed by atoms with Crippen molar-refractivity contribution >= 4 is 8.80 Å². The fourth-order valence-electron chi connectivity index (χ4n) is 2.16. The second-order valence-electron chi connectivity index (χ2n) is 5.26. The van der Waals surface area contributed by atoms with Crippen molar-refractivity contribution in [2.45, 2.75) is 44.6 Å². The minimum Gasteiger partial charge on any atom is -0.390 e. The van der Waals surface area contributed by atoms with Crippen LogP contribution in [0.25, 0.3) is 0 Å². The Morgan fingerprint density at radius 3 is 1.70 bits per heavy atom. The van der Waals surface area contributed by atoms with Gasteiger partial charge in [-0.25, -0.2) is 22.0 Å². The van der Waals surface area contributed by atoms with Gasteiger partial charge in [-0.3, -0.25) is 0 Å². The molecule has 0 unspecified atom stereocenters. The highest BCUT2D eigenvalue weighted by Crippen LogP contribution is 2.24. The Morgan fingerprint density at radius 2 is 1.17 bits per heavy atom. The van der Waals surface area contributed by atoms with Gasteiger partial charge < -0.3 is 14.0 Å². The van der Waals surface area contributed by atoms with Crippen LogP contribution in [0.2, 0.25) is 6.04 Å². The molecule has 2 N–H and O–H groups in total. The summed E-state index contributed by atoms with van der Waals surface area (Å²) >= 11 is 0. The average molecular weight is 358 g/mol. The Labute approximate surface area is 132 Å². The third-order valence-electron chi connectivity index (χ3n) is 3.56. The molecule has 23 heavy (non-hydrogen) atoms. The predicted molar refractivity (Wildman–Crippen MR) is 75.0 cm³/mol. The van der Waals surface area contributed by atoms with E-state index in [2.05, 4.69) is 4.43 Å². The molecule has 0 saturated carbocycles. The van der Waals surface area contributed by atoms with Crippen LogP contribution in [-0.4, -0.2) is 25.5 Å². The predicted octanol–water partition coefficient (Wildman–Crippen LogP) is 3.45. The molecule has 0 saturated heterocycles. The highest BCUT2D eigenvalue weighted by Gasteiger charge is 2.29. The first-order valence-electron chi connectivity index (χ1n) is 7.21. The Hall–Kier alpha value is -1.03. The topological polar surface area (TPSA) is 49.7 Å². The summed E-state index contributed by atoms with van der Waals surface area (Å²) in [5, 5.41) is 0. The summed E-state index contributed by atoms with van der Waals surface area (Å²) in [5.41, 5.74) is -0.794. The van der Waals surface area contributed by atoms with Crippen LogP contribution in [0.15, 0.2) is 0 Å². The van der Waals surface area contributed by atoms with Gasteiger partial charge in [0.05, 0.1) is 0 Å². The molecule has 0 aromatic heterocycles. The van der Waals surface area contributed by atoms with E-state index in [1.165, 1.54) is 7.11 Å². The maximum Gasteiger partial charge on any atom is 0.495 e. The number of unbranched alkanes of at least 4 members (excludes halogenated alkanes) is 4. The number of hydrogen-bond donors (Lipinski definition) is 2. The molecular formula is C14H19F5O3Si. The van der Waals surface area contributed by atoms with Crippen LogP contribution in [0, 0.1) is 29.1 Å². The normalized spacial score (nSPS) is 12.0. The molecule has 0 heterocycles. The first-order valence-corrected chi connectivity index (χ1v) is 9.22. The molecule has 1 rings (SSSR count). The molecule has 1 aromatic rings. The zero-order chi connectivity index (χ0) is 17.6. The van der Waals surface area contributed by atoms with Gasteiger partial charge in [0.15, 0.2) is 23.3 Å². The monoisotopic (exact) mass is 358 g/mol. The number of benzene rings is 1. The highest BCUT2D eigenvalue weighted by atomic mass is 28.4. The molecule has 9 heteroatoms. The van der Waals surface area contributed by atoms with Crippen molar-refractivity contribution in [3.8, 4) is 0 Å². The van der Waals surface area contributed by atoms with Crippen LogP contribution in [-0.2, 0) is 10.8 Å². The van der Waals surface area contributed by atoms with Gasteiger partial charge in [-0.2, -0.15) is 0 Å². The third kappa shape index (κ3) is 5.52. The second-order valence-corrected chi connectivity index (χ2v) is 7.66. The Balaban J connectivity index is 2.40. The van der Waals surface area contributed by atoms with Gasteiger partial charge in [-0.05, 0) is 19.3 Å². The SMILES string of the molecule is CO[Si](O)(O)CCCCCCCc1c(F)c(F)c(F)c(F)c1F. The van der Waals surface area contributed by atoms with Crippen molar-refractivity contribution < 1.29 is 36.0 Å². The van der Waals surface area contributed by atoms with Crippen molar-refractivity contribution in [1.82, 2.24) is 0 Å². The van der Waals surface area contributed by atoms with Gasteiger partial charge in [0.25, 0.3) is 0 Å². The molecule has 0 amide bonds. The summed E-state index contributed by atoms with van der Waals surface area (Å²) in [6, 6.07) is 0.154. The van der Waals surface area contributed by atoms with Crippen molar-refractivity contribution in [2.75, 3.05) is 7.11 Å². The summed E-state index contributed by atoms with van der Waals surface area (Å²) in [5.74, 6) is -9.56. The molecule has 0 spiro atoms. The largest absolute Gasteiger partial charge is 0.495 e. The van der Waals surface area contributed by atoms with E-state index in [1.807, 2.05) is 0 Å². The molecule has 3 nitrogen and oxygen atoms in total. The van der Waals surface area contributed by atoms with Gasteiger partial charge >= 0.3 is 8.80 Å². The summed E-state index contributed by atoms with van der Waals surface area (Å²) in [4.78, 5) is 18.6. The van der Waals surface area contributed by atoms with Gasteiger partial charge in [-0.15, -0.1) is 0 Å². The Bertz CT molecular complexity index is 511. The van der Waals surface area contributed by atoms with Crippen LogP contribution in [0.1, 0.15) is 37.7 Å². The lowest BCUT2D eigenvalue weighted by Crippen LogP contribution is -2.37. The Morgan fingerprint density at radius 1 is 0.739 bits per heavy atom. The summed E-state index contributed by atoms with van der Waals surface area (Å²) in [7, 11) is -2.33. The van der Waals surface area contributed by atoms with Crippen molar-refractivity contribution in [2.24, 2.45) is 0 Å². The molecule has 0 atom stereocenters. The smallest absolute Gasteiger partial charge is 0.390 e. The van der Waals surface area contributed by atoms with E-state index in [9.17, 15) is 31.5 Å². The maximum atomic E-state index is 13.4.